The third kappa shape index (κ3) is 5.72. The number of rotatable bonds is 7. The molecule has 0 saturated carbocycles. The normalized spacial score (nSPS) is 10.3. The van der Waals surface area contributed by atoms with Crippen molar-refractivity contribution in [3.63, 3.8) is 0 Å². The molecule has 0 radical (unpaired) electrons. The monoisotopic (exact) mass is 405 g/mol. The Kier molecular flexibility index (Phi) is 7.40. The molecule has 1 N–H and O–H groups in total. The van der Waals surface area contributed by atoms with E-state index in [1.807, 2.05) is 13.8 Å². The second-order valence-corrected chi connectivity index (χ2v) is 6.38. The molecule has 0 aliphatic heterocycles. The molecule has 0 fully saturated rings. The molecule has 0 bridgehead atoms. The number of esters is 1. The van der Waals surface area contributed by atoms with Gasteiger partial charge < -0.3 is 14.2 Å². The van der Waals surface area contributed by atoms with Crippen LogP contribution in [-0.4, -0.2) is 37.6 Å². The Morgan fingerprint density at radius 3 is 2.36 bits per heavy atom. The van der Waals surface area contributed by atoms with E-state index in [0.717, 1.165) is 0 Å². The highest BCUT2D eigenvalue weighted by Crippen LogP contribution is 2.37. The fraction of sp³-hybridized carbons (Fsp3) is 0.250. The molecule has 0 aliphatic carbocycles. The molecule has 8 heteroatoms. The lowest BCUT2D eigenvalue weighted by Crippen LogP contribution is -2.34. The maximum Gasteiger partial charge on any atom is 0.338 e. The second kappa shape index (κ2) is 9.75. The number of halogens is 1. The van der Waals surface area contributed by atoms with Crippen molar-refractivity contribution in [1.29, 1.82) is 0 Å². The van der Waals surface area contributed by atoms with E-state index in [4.69, 9.17) is 25.8 Å². The summed E-state index contributed by atoms with van der Waals surface area (Å²) < 4.78 is 15.7. The highest BCUT2D eigenvalue weighted by Gasteiger charge is 2.19. The highest BCUT2D eigenvalue weighted by molar-refractivity contribution is 6.32. The van der Waals surface area contributed by atoms with Crippen LogP contribution in [-0.2, 0) is 9.53 Å². The minimum Gasteiger partial charge on any atom is -0.493 e. The average Bonchev–Trinajstić information content (AvgIpc) is 2.67. The molecule has 0 heterocycles. The Hall–Kier alpha value is -3.06. The van der Waals surface area contributed by atoms with Crippen LogP contribution < -0.4 is 14.8 Å². The lowest BCUT2D eigenvalue weighted by molar-refractivity contribution is -0.123. The number of ether oxygens (including phenoxy) is 3. The Bertz CT molecular complexity index is 866. The first-order chi connectivity index (χ1) is 13.3. The van der Waals surface area contributed by atoms with Crippen LogP contribution in [0.25, 0.3) is 0 Å². The molecule has 0 aromatic heterocycles. The smallest absolute Gasteiger partial charge is 0.338 e. The summed E-state index contributed by atoms with van der Waals surface area (Å²) >= 11 is 6.16. The number of benzene rings is 2. The van der Waals surface area contributed by atoms with E-state index in [-0.39, 0.29) is 22.4 Å². The summed E-state index contributed by atoms with van der Waals surface area (Å²) in [6.45, 7) is 3.03. The van der Waals surface area contributed by atoms with Gasteiger partial charge in [-0.05, 0) is 38.1 Å². The molecule has 7 nitrogen and oxygen atoms in total. The quantitative estimate of drug-likeness (QED) is 0.711. The molecule has 148 valence electrons. The van der Waals surface area contributed by atoms with Gasteiger partial charge in [-0.15, -0.1) is 0 Å². The molecule has 2 amide bonds. The van der Waals surface area contributed by atoms with E-state index >= 15 is 0 Å². The fourth-order valence-corrected chi connectivity index (χ4v) is 2.48. The van der Waals surface area contributed by atoms with Crippen LogP contribution in [0.2, 0.25) is 5.02 Å². The van der Waals surface area contributed by atoms with Crippen LogP contribution in [0.4, 0.5) is 0 Å². The Labute approximate surface area is 167 Å². The zero-order valence-electron chi connectivity index (χ0n) is 15.7. The topological polar surface area (TPSA) is 90.9 Å². The van der Waals surface area contributed by atoms with Crippen LogP contribution in [0, 0.1) is 0 Å². The molecule has 0 aliphatic rings. The number of hydrogen-bond donors (Lipinski definition) is 1. The van der Waals surface area contributed by atoms with Gasteiger partial charge >= 0.3 is 5.97 Å². The largest absolute Gasteiger partial charge is 0.493 e. The van der Waals surface area contributed by atoms with Crippen LogP contribution in [0.3, 0.4) is 0 Å². The number of nitrogens with one attached hydrogen (secondary N) is 1. The van der Waals surface area contributed by atoms with Gasteiger partial charge in [0.25, 0.3) is 11.8 Å². The second-order valence-electron chi connectivity index (χ2n) is 5.98. The molecule has 0 atom stereocenters. The van der Waals surface area contributed by atoms with Crippen molar-refractivity contribution >= 4 is 29.4 Å². The van der Waals surface area contributed by atoms with E-state index in [1.165, 1.54) is 19.2 Å². The van der Waals surface area contributed by atoms with Gasteiger partial charge in [-0.25, -0.2) is 4.79 Å². The van der Waals surface area contributed by atoms with E-state index in [9.17, 15) is 14.4 Å². The van der Waals surface area contributed by atoms with E-state index in [2.05, 4.69) is 5.32 Å². The molecule has 0 saturated heterocycles. The number of imide groups is 1. The zero-order valence-corrected chi connectivity index (χ0v) is 16.4. The number of hydrogen-bond acceptors (Lipinski definition) is 6. The first-order valence-electron chi connectivity index (χ1n) is 8.42. The molecule has 0 unspecified atom stereocenters. The van der Waals surface area contributed by atoms with Gasteiger partial charge in [0, 0.05) is 5.56 Å². The van der Waals surface area contributed by atoms with Crippen molar-refractivity contribution in [2.45, 2.75) is 20.0 Å². The molecule has 2 aromatic rings. The van der Waals surface area contributed by atoms with E-state index in [1.54, 1.807) is 30.3 Å². The standard InChI is InChI=1S/C20H20ClNO6/c1-12(2)28-18-15(21)9-14(10-16(18)26-3)20(25)27-11-17(23)22-19(24)13-7-5-4-6-8-13/h4-10,12H,11H2,1-3H3,(H,22,23,24). The molecule has 28 heavy (non-hydrogen) atoms. The Morgan fingerprint density at radius 1 is 1.07 bits per heavy atom. The van der Waals surface area contributed by atoms with Crippen LogP contribution in [0.1, 0.15) is 34.6 Å². The summed E-state index contributed by atoms with van der Waals surface area (Å²) in [6.07, 6.45) is -0.143. The summed E-state index contributed by atoms with van der Waals surface area (Å²) in [5, 5.41) is 2.31. The SMILES string of the molecule is COc1cc(C(=O)OCC(=O)NC(=O)c2ccccc2)cc(Cl)c1OC(C)C. The van der Waals surface area contributed by atoms with Crippen molar-refractivity contribution in [2.75, 3.05) is 13.7 Å². The summed E-state index contributed by atoms with van der Waals surface area (Å²) in [5.41, 5.74) is 0.402. The summed E-state index contributed by atoms with van der Waals surface area (Å²) in [5.74, 6) is -1.56. The van der Waals surface area contributed by atoms with Gasteiger partial charge in [0.15, 0.2) is 18.1 Å². The summed E-state index contributed by atoms with van der Waals surface area (Å²) in [7, 11) is 1.41. The van der Waals surface area contributed by atoms with Crippen LogP contribution in [0.15, 0.2) is 42.5 Å². The van der Waals surface area contributed by atoms with Gasteiger partial charge in [0.1, 0.15) is 0 Å². The lowest BCUT2D eigenvalue weighted by Gasteiger charge is -2.16. The summed E-state index contributed by atoms with van der Waals surface area (Å²) in [6, 6.07) is 11.0. The number of carbonyl (C=O) groups excluding carboxylic acids is 3. The van der Waals surface area contributed by atoms with Crippen molar-refractivity contribution in [3.05, 3.63) is 58.6 Å². The van der Waals surface area contributed by atoms with Gasteiger partial charge in [0.05, 0.1) is 23.8 Å². The first-order valence-corrected chi connectivity index (χ1v) is 8.80. The van der Waals surface area contributed by atoms with Crippen LogP contribution in [0.5, 0.6) is 11.5 Å². The molecule has 0 spiro atoms. The maximum atomic E-state index is 12.2. The predicted molar refractivity (Wildman–Crippen MR) is 103 cm³/mol. The number of carbonyl (C=O) groups is 3. The first kappa shape index (κ1) is 21.2. The minimum atomic E-state index is -0.793. The number of amides is 2. The average molecular weight is 406 g/mol. The molecular formula is C20H20ClNO6. The van der Waals surface area contributed by atoms with Crippen molar-refractivity contribution < 1.29 is 28.6 Å². The van der Waals surface area contributed by atoms with E-state index < -0.39 is 24.4 Å². The zero-order chi connectivity index (χ0) is 20.7. The van der Waals surface area contributed by atoms with Gasteiger partial charge in [-0.1, -0.05) is 29.8 Å². The van der Waals surface area contributed by atoms with Crippen LogP contribution >= 0.6 is 11.6 Å². The minimum absolute atomic E-state index is 0.0835. The predicted octanol–water partition coefficient (Wildman–Crippen LogP) is 3.25. The van der Waals surface area contributed by atoms with Gasteiger partial charge in [-0.2, -0.15) is 0 Å². The molecule has 2 rings (SSSR count). The highest BCUT2D eigenvalue weighted by atomic mass is 35.5. The summed E-state index contributed by atoms with van der Waals surface area (Å²) in [4.78, 5) is 36.0. The van der Waals surface area contributed by atoms with Crippen molar-refractivity contribution in [1.82, 2.24) is 5.32 Å². The maximum absolute atomic E-state index is 12.2. The van der Waals surface area contributed by atoms with Crippen molar-refractivity contribution in [3.8, 4) is 11.5 Å². The molecular weight excluding hydrogens is 386 g/mol. The van der Waals surface area contributed by atoms with Crippen molar-refractivity contribution in [2.24, 2.45) is 0 Å². The molecule has 2 aromatic carbocycles. The third-order valence-corrected chi connectivity index (χ3v) is 3.72. The Balaban J connectivity index is 2.00. The lowest BCUT2D eigenvalue weighted by atomic mass is 10.2. The Morgan fingerprint density at radius 2 is 1.75 bits per heavy atom. The van der Waals surface area contributed by atoms with Gasteiger partial charge in [0.2, 0.25) is 0 Å². The number of methoxy groups -OCH3 is 1. The van der Waals surface area contributed by atoms with E-state index in [0.29, 0.717) is 11.3 Å². The fourth-order valence-electron chi connectivity index (χ4n) is 2.23. The third-order valence-electron chi connectivity index (χ3n) is 3.44. The van der Waals surface area contributed by atoms with Gasteiger partial charge in [-0.3, -0.25) is 14.9 Å².